The summed E-state index contributed by atoms with van der Waals surface area (Å²) >= 11 is 1.65. The van der Waals surface area contributed by atoms with E-state index in [0.29, 0.717) is 5.56 Å². The van der Waals surface area contributed by atoms with Crippen molar-refractivity contribution in [3.63, 3.8) is 0 Å². The van der Waals surface area contributed by atoms with E-state index in [0.717, 1.165) is 6.20 Å². The van der Waals surface area contributed by atoms with Crippen LogP contribution in [0.25, 0.3) is 0 Å². The van der Waals surface area contributed by atoms with E-state index >= 15 is 0 Å². The van der Waals surface area contributed by atoms with Gasteiger partial charge in [0, 0.05) is 11.8 Å². The van der Waals surface area contributed by atoms with E-state index in [4.69, 9.17) is 0 Å². The summed E-state index contributed by atoms with van der Waals surface area (Å²) in [6, 6.07) is 0. The smallest absolute Gasteiger partial charge is 0.195 e. The molecule has 0 bridgehead atoms. The van der Waals surface area contributed by atoms with Gasteiger partial charge >= 0.3 is 15.5 Å². The number of hydrogen-bond donors (Lipinski definition) is 0. The molecule has 0 atom stereocenters. The lowest BCUT2D eigenvalue weighted by Crippen LogP contribution is -2.30. The van der Waals surface area contributed by atoms with Gasteiger partial charge in [0.15, 0.2) is 0 Å². The van der Waals surface area contributed by atoms with Crippen LogP contribution in [0.1, 0.15) is 5.56 Å². The topological polar surface area (TPSA) is 52.0 Å². The van der Waals surface area contributed by atoms with Crippen molar-refractivity contribution in [3.05, 3.63) is 15.5 Å². The van der Waals surface area contributed by atoms with E-state index in [1.54, 1.807) is 22.6 Å². The zero-order valence-electron chi connectivity index (χ0n) is 6.71. The van der Waals surface area contributed by atoms with Crippen LogP contribution in [-0.2, 0) is 10.0 Å². The van der Waals surface area contributed by atoms with E-state index in [-0.39, 0.29) is 7.79 Å². The largest absolute Gasteiger partial charge is 0.518 e. The predicted octanol–water partition coefficient (Wildman–Crippen LogP) is 1.49. The molecule has 0 spiro atoms. The standard InChI is InChI=1S/C5H4F3IN2O2S/c1-3-2-11(10-4(3)9)14(12,13)5(6,7)8/h2H,1H3. The summed E-state index contributed by atoms with van der Waals surface area (Å²) in [5, 5.41) is 3.24. The zero-order valence-corrected chi connectivity index (χ0v) is 9.68. The molecule has 0 unspecified atom stereocenters. The first-order valence-corrected chi connectivity index (χ1v) is 5.72. The molecule has 4 nitrogen and oxygen atoms in total. The summed E-state index contributed by atoms with van der Waals surface area (Å²) in [5.74, 6) is 0. The molecule has 9 heteroatoms. The second-order valence-electron chi connectivity index (χ2n) is 2.43. The second kappa shape index (κ2) is 3.36. The summed E-state index contributed by atoms with van der Waals surface area (Å²) in [7, 11) is -5.38. The summed E-state index contributed by atoms with van der Waals surface area (Å²) < 4.78 is 57.8. The van der Waals surface area contributed by atoms with Gasteiger partial charge in [-0.15, -0.1) is 0 Å². The third kappa shape index (κ3) is 1.87. The van der Waals surface area contributed by atoms with Crippen LogP contribution in [0.2, 0.25) is 0 Å². The average Bonchev–Trinajstić information content (AvgIpc) is 2.30. The van der Waals surface area contributed by atoms with Gasteiger partial charge in [0.1, 0.15) is 3.70 Å². The Kier molecular flexibility index (Phi) is 2.82. The molecular weight excluding hydrogens is 336 g/mol. The molecule has 1 aromatic heterocycles. The molecule has 0 aliphatic rings. The monoisotopic (exact) mass is 340 g/mol. The maximum atomic E-state index is 12.0. The van der Waals surface area contributed by atoms with E-state index in [9.17, 15) is 21.6 Å². The van der Waals surface area contributed by atoms with Gasteiger partial charge in [-0.3, -0.25) is 0 Å². The molecule has 0 aromatic carbocycles. The Morgan fingerprint density at radius 3 is 2.29 bits per heavy atom. The molecule has 14 heavy (non-hydrogen) atoms. The first-order chi connectivity index (χ1) is 6.16. The summed E-state index contributed by atoms with van der Waals surface area (Å²) in [6.45, 7) is 1.47. The molecule has 1 aromatic rings. The van der Waals surface area contributed by atoms with Crippen molar-refractivity contribution >= 4 is 32.6 Å². The first kappa shape index (κ1) is 11.8. The van der Waals surface area contributed by atoms with Crippen molar-refractivity contribution in [1.82, 2.24) is 9.19 Å². The summed E-state index contributed by atoms with van der Waals surface area (Å²) in [6.07, 6.45) is 0.824. The first-order valence-electron chi connectivity index (χ1n) is 3.20. The normalized spacial score (nSPS) is 13.2. The Balaban J connectivity index is 3.32. The number of hydrogen-bond acceptors (Lipinski definition) is 3. The molecule has 0 fully saturated rings. The van der Waals surface area contributed by atoms with Crippen molar-refractivity contribution < 1.29 is 21.6 Å². The minimum Gasteiger partial charge on any atom is -0.195 e. The highest BCUT2D eigenvalue weighted by atomic mass is 127. The van der Waals surface area contributed by atoms with Crippen LogP contribution in [0.4, 0.5) is 13.2 Å². The fourth-order valence-electron chi connectivity index (χ4n) is 0.642. The second-order valence-corrected chi connectivity index (χ2v) is 5.24. The Morgan fingerprint density at radius 2 is 2.00 bits per heavy atom. The van der Waals surface area contributed by atoms with Gasteiger partial charge in [-0.2, -0.15) is 30.8 Å². The summed E-state index contributed by atoms with van der Waals surface area (Å²) in [4.78, 5) is 0. The van der Waals surface area contributed by atoms with E-state index < -0.39 is 15.5 Å². The molecule has 0 amide bonds. The van der Waals surface area contributed by atoms with Gasteiger partial charge in [-0.05, 0) is 29.5 Å². The Hall–Kier alpha value is -0.320. The lowest BCUT2D eigenvalue weighted by Gasteiger charge is -2.06. The molecule has 0 saturated carbocycles. The van der Waals surface area contributed by atoms with Crippen LogP contribution < -0.4 is 0 Å². The maximum absolute atomic E-state index is 12.0. The quantitative estimate of drug-likeness (QED) is 0.728. The van der Waals surface area contributed by atoms with Crippen LogP contribution in [0, 0.1) is 10.6 Å². The van der Waals surface area contributed by atoms with Crippen LogP contribution >= 0.6 is 22.6 Å². The van der Waals surface area contributed by atoms with Gasteiger partial charge in [0.2, 0.25) is 0 Å². The lowest BCUT2D eigenvalue weighted by atomic mass is 10.4. The highest BCUT2D eigenvalue weighted by Gasteiger charge is 2.48. The van der Waals surface area contributed by atoms with Gasteiger partial charge in [-0.25, -0.2) is 0 Å². The highest BCUT2D eigenvalue weighted by molar-refractivity contribution is 14.1. The van der Waals surface area contributed by atoms with Gasteiger partial charge < -0.3 is 0 Å². The van der Waals surface area contributed by atoms with Crippen LogP contribution in [0.5, 0.6) is 0 Å². The fraction of sp³-hybridized carbons (Fsp3) is 0.400. The molecule has 80 valence electrons. The zero-order chi connectivity index (χ0) is 11.1. The predicted molar refractivity (Wildman–Crippen MR) is 50.1 cm³/mol. The Morgan fingerprint density at radius 1 is 1.50 bits per heavy atom. The van der Waals surface area contributed by atoms with Gasteiger partial charge in [0.05, 0.1) is 0 Å². The minimum atomic E-state index is -5.38. The molecule has 0 saturated heterocycles. The number of halogens is 4. The van der Waals surface area contributed by atoms with Gasteiger partial charge in [-0.1, -0.05) is 0 Å². The molecule has 1 rings (SSSR count). The number of aryl methyl sites for hydroxylation is 1. The maximum Gasteiger partial charge on any atom is 0.518 e. The van der Waals surface area contributed by atoms with E-state index in [2.05, 4.69) is 5.10 Å². The Labute approximate surface area is 91.3 Å². The van der Waals surface area contributed by atoms with Gasteiger partial charge in [0.25, 0.3) is 0 Å². The highest BCUT2D eigenvalue weighted by Crippen LogP contribution is 2.25. The molecule has 0 radical (unpaired) electrons. The Bertz CT molecular complexity index is 431. The molecular formula is C5H4F3IN2O2S. The lowest BCUT2D eigenvalue weighted by molar-refractivity contribution is -0.0449. The minimum absolute atomic E-state index is 0.0654. The number of rotatable bonds is 1. The number of alkyl halides is 3. The van der Waals surface area contributed by atoms with Crippen LogP contribution in [0.15, 0.2) is 6.20 Å². The molecule has 0 N–H and O–H groups in total. The SMILES string of the molecule is Cc1cn(S(=O)(=O)C(F)(F)F)nc1I. The van der Waals surface area contributed by atoms with Crippen molar-refractivity contribution in [3.8, 4) is 0 Å². The molecule has 0 aliphatic heterocycles. The molecule has 1 heterocycles. The average molecular weight is 340 g/mol. The van der Waals surface area contributed by atoms with Crippen molar-refractivity contribution in [1.29, 1.82) is 0 Å². The van der Waals surface area contributed by atoms with E-state index in [1.807, 2.05) is 0 Å². The third-order valence-electron chi connectivity index (χ3n) is 1.35. The fourth-order valence-corrected chi connectivity index (χ4v) is 1.86. The summed E-state index contributed by atoms with van der Waals surface area (Å²) in [5.41, 5.74) is -4.95. The van der Waals surface area contributed by atoms with Crippen molar-refractivity contribution in [2.75, 3.05) is 0 Å². The van der Waals surface area contributed by atoms with Crippen LogP contribution in [-0.4, -0.2) is 23.1 Å². The third-order valence-corrected chi connectivity index (χ3v) is 3.69. The van der Waals surface area contributed by atoms with Crippen LogP contribution in [0.3, 0.4) is 0 Å². The number of aromatic nitrogens is 2. The van der Waals surface area contributed by atoms with E-state index in [1.165, 1.54) is 6.92 Å². The molecule has 0 aliphatic carbocycles. The van der Waals surface area contributed by atoms with Crippen molar-refractivity contribution in [2.24, 2.45) is 0 Å². The van der Waals surface area contributed by atoms with Crippen molar-refractivity contribution in [2.45, 2.75) is 12.4 Å². The number of nitrogens with zero attached hydrogens (tertiary/aromatic N) is 2.